The highest BCUT2D eigenvalue weighted by Crippen LogP contribution is 2.19. The van der Waals surface area contributed by atoms with E-state index in [9.17, 15) is 13.2 Å². The largest absolute Gasteiger partial charge is 0.365 e. The van der Waals surface area contributed by atoms with Crippen LogP contribution in [0.25, 0.3) is 0 Å². The molecular formula is C13H7ClN2O4S2. The van der Waals surface area contributed by atoms with Gasteiger partial charge in [-0.25, -0.2) is 13.2 Å². The molecule has 22 heavy (non-hydrogen) atoms. The highest BCUT2D eigenvalue weighted by Gasteiger charge is 2.25. The van der Waals surface area contributed by atoms with Crippen LogP contribution in [0.5, 0.6) is 0 Å². The number of thiophene rings is 1. The Bertz CT molecular complexity index is 850. The van der Waals surface area contributed by atoms with Gasteiger partial charge < -0.3 is 4.84 Å². The molecule has 0 amide bonds. The Labute approximate surface area is 135 Å². The molecule has 0 unspecified atom stereocenters. The molecule has 9 heteroatoms. The number of benzene rings is 1. The lowest BCUT2D eigenvalue weighted by Crippen LogP contribution is -2.14. The minimum Gasteiger partial charge on any atom is -0.311 e. The lowest BCUT2D eigenvalue weighted by molar-refractivity contribution is 0.0518. The van der Waals surface area contributed by atoms with Gasteiger partial charge in [0, 0.05) is 5.02 Å². The molecule has 0 aliphatic carbocycles. The van der Waals surface area contributed by atoms with E-state index in [1.54, 1.807) is 5.38 Å². The predicted octanol–water partition coefficient (Wildman–Crippen LogP) is 2.87. The fourth-order valence-corrected chi connectivity index (χ4v) is 3.55. The maximum atomic E-state index is 12.1. The van der Waals surface area contributed by atoms with Crippen LogP contribution in [-0.2, 0) is 14.7 Å². The Hall–Kier alpha value is -2.21. The third kappa shape index (κ3) is 3.51. The molecule has 0 bridgehead atoms. The van der Waals surface area contributed by atoms with Crippen LogP contribution in [0.4, 0.5) is 0 Å². The molecule has 112 valence electrons. The molecule has 0 spiro atoms. The number of hydrogen-bond donors (Lipinski definition) is 0. The van der Waals surface area contributed by atoms with E-state index in [1.165, 1.54) is 42.5 Å². The van der Waals surface area contributed by atoms with E-state index in [0.29, 0.717) is 5.02 Å². The average Bonchev–Trinajstić information content (AvgIpc) is 3.03. The topological polar surface area (TPSA) is 96.6 Å². The second kappa shape index (κ2) is 6.70. The third-order valence-corrected chi connectivity index (χ3v) is 5.60. The number of carbonyl (C=O) groups excluding carboxylic acids is 1. The van der Waals surface area contributed by atoms with Crippen LogP contribution >= 0.6 is 22.9 Å². The van der Waals surface area contributed by atoms with Crippen LogP contribution in [0, 0.1) is 11.3 Å². The van der Waals surface area contributed by atoms with Crippen LogP contribution in [0.1, 0.15) is 10.4 Å². The van der Waals surface area contributed by atoms with Crippen LogP contribution in [0.3, 0.4) is 0 Å². The number of hydrogen-bond acceptors (Lipinski definition) is 7. The average molecular weight is 355 g/mol. The van der Waals surface area contributed by atoms with Gasteiger partial charge in [0.25, 0.3) is 5.04 Å². The first-order valence-corrected chi connectivity index (χ1v) is 8.43. The van der Waals surface area contributed by atoms with Crippen LogP contribution in [-0.4, -0.2) is 19.4 Å². The van der Waals surface area contributed by atoms with E-state index in [0.717, 1.165) is 11.3 Å². The van der Waals surface area contributed by atoms with Gasteiger partial charge in [0.1, 0.15) is 10.3 Å². The molecule has 6 nitrogen and oxygen atoms in total. The first-order chi connectivity index (χ1) is 10.4. The Kier molecular flexibility index (Phi) is 4.92. The van der Waals surface area contributed by atoms with Gasteiger partial charge in [-0.2, -0.15) is 5.26 Å². The van der Waals surface area contributed by atoms with Crippen LogP contribution in [0.2, 0.25) is 5.02 Å². The summed E-state index contributed by atoms with van der Waals surface area (Å²) in [6.45, 7) is 0. The smallest absolute Gasteiger partial charge is 0.311 e. The first-order valence-electron chi connectivity index (χ1n) is 5.69. The number of rotatable bonds is 3. The zero-order chi connectivity index (χ0) is 16.2. The number of nitriles is 1. The summed E-state index contributed by atoms with van der Waals surface area (Å²) in [6.07, 6.45) is 0. The van der Waals surface area contributed by atoms with Crippen molar-refractivity contribution in [2.75, 3.05) is 0 Å². The van der Waals surface area contributed by atoms with Crippen LogP contribution < -0.4 is 0 Å². The Morgan fingerprint density at radius 2 is 1.95 bits per heavy atom. The Balaban J connectivity index is 2.22. The minimum atomic E-state index is -4.08. The number of nitrogens with zero attached hydrogens (tertiary/aromatic N) is 2. The molecule has 0 radical (unpaired) electrons. The lowest BCUT2D eigenvalue weighted by Gasteiger charge is -2.00. The molecule has 0 aliphatic rings. The normalized spacial score (nSPS) is 11.7. The molecule has 0 saturated heterocycles. The summed E-state index contributed by atoms with van der Waals surface area (Å²) in [4.78, 5) is 16.2. The van der Waals surface area contributed by atoms with Crippen molar-refractivity contribution >= 4 is 43.8 Å². The van der Waals surface area contributed by atoms with Gasteiger partial charge >= 0.3 is 5.97 Å². The molecular weight excluding hydrogens is 348 g/mol. The second-order valence-corrected chi connectivity index (χ2v) is 7.31. The molecule has 0 atom stereocenters. The molecule has 2 rings (SSSR count). The first kappa shape index (κ1) is 16.2. The monoisotopic (exact) mass is 354 g/mol. The molecule has 2 aromatic rings. The van der Waals surface area contributed by atoms with Gasteiger partial charge in [-0.3, -0.25) is 0 Å². The van der Waals surface area contributed by atoms with Gasteiger partial charge in [0.05, 0.1) is 5.56 Å². The Morgan fingerprint density at radius 1 is 1.27 bits per heavy atom. The van der Waals surface area contributed by atoms with E-state index in [4.69, 9.17) is 16.9 Å². The maximum absolute atomic E-state index is 12.1. The van der Waals surface area contributed by atoms with Crippen molar-refractivity contribution in [3.8, 4) is 6.07 Å². The summed E-state index contributed by atoms with van der Waals surface area (Å²) in [6, 6.07) is 9.98. The SMILES string of the molecule is N#CC(=NOC(=O)c1ccc(Cl)cc1)S(=O)(=O)c1cccs1. The summed E-state index contributed by atoms with van der Waals surface area (Å²) in [5.74, 6) is -0.897. The summed E-state index contributed by atoms with van der Waals surface area (Å²) in [5.41, 5.74) is 0.124. The number of halogens is 1. The molecule has 0 saturated carbocycles. The molecule has 0 aliphatic heterocycles. The standard InChI is InChI=1S/C13H7ClN2O4S2/c14-10-5-3-9(4-6-10)13(17)20-16-11(8-15)22(18,19)12-2-1-7-21-12/h1-7H. The van der Waals surface area contributed by atoms with Crippen molar-refractivity contribution in [3.63, 3.8) is 0 Å². The molecule has 1 aromatic carbocycles. The van der Waals surface area contributed by atoms with Crippen molar-refractivity contribution in [1.29, 1.82) is 5.26 Å². The highest BCUT2D eigenvalue weighted by molar-refractivity contribution is 8.08. The molecule has 0 N–H and O–H groups in total. The molecule has 0 fully saturated rings. The van der Waals surface area contributed by atoms with Gasteiger partial charge in [-0.15, -0.1) is 11.3 Å². The van der Waals surface area contributed by atoms with Crippen molar-refractivity contribution in [1.82, 2.24) is 0 Å². The zero-order valence-corrected chi connectivity index (χ0v) is 13.2. The number of oxime groups is 1. The van der Waals surface area contributed by atoms with Gasteiger partial charge in [-0.05, 0) is 35.7 Å². The van der Waals surface area contributed by atoms with E-state index in [2.05, 4.69) is 9.99 Å². The van der Waals surface area contributed by atoms with E-state index in [-0.39, 0.29) is 9.77 Å². The van der Waals surface area contributed by atoms with Crippen LogP contribution in [0.15, 0.2) is 51.1 Å². The quantitative estimate of drug-likeness (QED) is 0.365. The van der Waals surface area contributed by atoms with E-state index >= 15 is 0 Å². The summed E-state index contributed by atoms with van der Waals surface area (Å²) >= 11 is 6.61. The fraction of sp³-hybridized carbons (Fsp3) is 0. The molecule has 1 heterocycles. The fourth-order valence-electron chi connectivity index (χ4n) is 1.36. The van der Waals surface area contributed by atoms with Crippen molar-refractivity contribution in [2.45, 2.75) is 4.21 Å². The second-order valence-electron chi connectivity index (χ2n) is 3.83. The lowest BCUT2D eigenvalue weighted by atomic mass is 10.2. The van der Waals surface area contributed by atoms with Crippen molar-refractivity contribution in [2.24, 2.45) is 5.16 Å². The van der Waals surface area contributed by atoms with Gasteiger partial charge in [-0.1, -0.05) is 22.8 Å². The van der Waals surface area contributed by atoms with Crippen molar-refractivity contribution in [3.05, 3.63) is 52.4 Å². The highest BCUT2D eigenvalue weighted by atomic mass is 35.5. The number of sulfone groups is 1. The Morgan fingerprint density at radius 3 is 2.50 bits per heavy atom. The van der Waals surface area contributed by atoms with E-state index < -0.39 is 20.9 Å². The zero-order valence-electron chi connectivity index (χ0n) is 10.8. The van der Waals surface area contributed by atoms with Gasteiger partial charge in [0.15, 0.2) is 0 Å². The minimum absolute atomic E-state index is 0.0599. The maximum Gasteiger partial charge on any atom is 0.365 e. The van der Waals surface area contributed by atoms with E-state index in [1.807, 2.05) is 0 Å². The number of carbonyl (C=O) groups is 1. The van der Waals surface area contributed by atoms with Crippen molar-refractivity contribution < 1.29 is 18.0 Å². The van der Waals surface area contributed by atoms with Gasteiger partial charge in [0.2, 0.25) is 9.84 Å². The summed E-state index contributed by atoms with van der Waals surface area (Å²) in [5, 5.41) is 13.2. The third-order valence-electron chi connectivity index (χ3n) is 2.40. The summed E-state index contributed by atoms with van der Waals surface area (Å²) < 4.78 is 24.1. The predicted molar refractivity (Wildman–Crippen MR) is 81.4 cm³/mol. The molecule has 1 aromatic heterocycles. The summed E-state index contributed by atoms with van der Waals surface area (Å²) in [7, 11) is -4.08.